The third-order valence-electron chi connectivity index (χ3n) is 3.50. The Morgan fingerprint density at radius 1 is 1.64 bits per heavy atom. The minimum Gasteiger partial charge on any atom is -0.389 e. The van der Waals surface area contributed by atoms with Crippen LogP contribution in [0.15, 0.2) is 11.6 Å². The van der Waals surface area contributed by atoms with E-state index < -0.39 is 0 Å². The van der Waals surface area contributed by atoms with Gasteiger partial charge >= 0.3 is 0 Å². The first-order valence-corrected chi connectivity index (χ1v) is 4.43. The van der Waals surface area contributed by atoms with Crippen molar-refractivity contribution in [3.63, 3.8) is 0 Å². The maximum atomic E-state index is 9.41. The van der Waals surface area contributed by atoms with Crippen LogP contribution in [0.4, 0.5) is 0 Å². The van der Waals surface area contributed by atoms with Gasteiger partial charge in [0.15, 0.2) is 0 Å². The molecule has 0 saturated heterocycles. The van der Waals surface area contributed by atoms with Gasteiger partial charge in [-0.1, -0.05) is 19.9 Å². The average Bonchev–Trinajstić information content (AvgIpc) is 2.34. The van der Waals surface area contributed by atoms with Crippen LogP contribution in [-0.4, -0.2) is 11.2 Å². The summed E-state index contributed by atoms with van der Waals surface area (Å²) in [4.78, 5) is 0. The van der Waals surface area contributed by atoms with Crippen LogP contribution in [0.5, 0.6) is 0 Å². The van der Waals surface area contributed by atoms with E-state index in [0.717, 1.165) is 5.92 Å². The molecule has 62 valence electrons. The molecule has 1 saturated carbocycles. The second-order valence-electron chi connectivity index (χ2n) is 4.52. The highest BCUT2D eigenvalue weighted by Crippen LogP contribution is 2.67. The lowest BCUT2D eigenvalue weighted by Gasteiger charge is -2.11. The summed E-state index contributed by atoms with van der Waals surface area (Å²) in [5, 5.41) is 9.41. The molecule has 11 heavy (non-hydrogen) atoms. The smallest absolute Gasteiger partial charge is 0.0724 e. The van der Waals surface area contributed by atoms with Gasteiger partial charge in [0, 0.05) is 0 Å². The molecule has 1 fully saturated rings. The maximum Gasteiger partial charge on any atom is 0.0724 e. The molecule has 0 aromatic heterocycles. The van der Waals surface area contributed by atoms with Crippen LogP contribution < -0.4 is 0 Å². The van der Waals surface area contributed by atoms with Gasteiger partial charge in [0.2, 0.25) is 0 Å². The van der Waals surface area contributed by atoms with E-state index in [1.54, 1.807) is 0 Å². The predicted molar refractivity (Wildman–Crippen MR) is 45.1 cm³/mol. The largest absolute Gasteiger partial charge is 0.389 e. The Kier molecular flexibility index (Phi) is 1.26. The summed E-state index contributed by atoms with van der Waals surface area (Å²) in [5.41, 5.74) is 1.78. The summed E-state index contributed by atoms with van der Waals surface area (Å²) in [5.74, 6) is 1.54. The highest BCUT2D eigenvalue weighted by atomic mass is 16.3. The fourth-order valence-electron chi connectivity index (χ4n) is 2.67. The van der Waals surface area contributed by atoms with Gasteiger partial charge in [-0.3, -0.25) is 0 Å². The summed E-state index contributed by atoms with van der Waals surface area (Å²) in [6, 6.07) is 0. The van der Waals surface area contributed by atoms with E-state index in [1.807, 2.05) is 6.92 Å². The average molecular weight is 152 g/mol. The maximum absolute atomic E-state index is 9.41. The molecule has 0 radical (unpaired) electrons. The Bertz CT molecular complexity index is 213. The van der Waals surface area contributed by atoms with Crippen molar-refractivity contribution in [3.05, 3.63) is 11.6 Å². The van der Waals surface area contributed by atoms with Gasteiger partial charge in [-0.2, -0.15) is 0 Å². The molecular weight excluding hydrogens is 136 g/mol. The molecule has 0 unspecified atom stereocenters. The van der Waals surface area contributed by atoms with Gasteiger partial charge in [0.25, 0.3) is 0 Å². The Morgan fingerprint density at radius 2 is 2.27 bits per heavy atom. The first-order valence-electron chi connectivity index (χ1n) is 4.43. The zero-order valence-electron chi connectivity index (χ0n) is 7.46. The second-order valence-corrected chi connectivity index (χ2v) is 4.52. The summed E-state index contributed by atoms with van der Waals surface area (Å²) < 4.78 is 0. The van der Waals surface area contributed by atoms with E-state index in [0.29, 0.717) is 11.3 Å². The monoisotopic (exact) mass is 152 g/mol. The van der Waals surface area contributed by atoms with Crippen molar-refractivity contribution >= 4 is 0 Å². The van der Waals surface area contributed by atoms with Crippen molar-refractivity contribution in [1.29, 1.82) is 0 Å². The lowest BCUT2D eigenvalue weighted by Crippen LogP contribution is -2.08. The van der Waals surface area contributed by atoms with E-state index in [2.05, 4.69) is 19.9 Å². The third kappa shape index (κ3) is 0.807. The highest BCUT2D eigenvalue weighted by molar-refractivity contribution is 5.32. The molecular formula is C10H16O. The number of hydrogen-bond acceptors (Lipinski definition) is 1. The van der Waals surface area contributed by atoms with Crippen molar-refractivity contribution in [1.82, 2.24) is 0 Å². The second kappa shape index (κ2) is 1.89. The van der Waals surface area contributed by atoms with E-state index >= 15 is 0 Å². The molecule has 0 aliphatic heterocycles. The van der Waals surface area contributed by atoms with Crippen molar-refractivity contribution in [2.45, 2.75) is 33.3 Å². The lowest BCUT2D eigenvalue weighted by atomic mass is 9.98. The SMILES string of the molecule is C[C@@H](O)C1=CC[C@@H]2[C@H]1C2(C)C. The van der Waals surface area contributed by atoms with E-state index in [4.69, 9.17) is 0 Å². The van der Waals surface area contributed by atoms with Gasteiger partial charge < -0.3 is 5.11 Å². The summed E-state index contributed by atoms with van der Waals surface area (Å²) in [7, 11) is 0. The predicted octanol–water partition coefficient (Wildman–Crippen LogP) is 1.97. The molecule has 1 nitrogen and oxygen atoms in total. The van der Waals surface area contributed by atoms with Crippen molar-refractivity contribution in [2.75, 3.05) is 0 Å². The van der Waals surface area contributed by atoms with Crippen molar-refractivity contribution in [2.24, 2.45) is 17.3 Å². The minimum absolute atomic E-state index is 0.216. The Balaban J connectivity index is 2.17. The van der Waals surface area contributed by atoms with Crippen LogP contribution in [0, 0.1) is 17.3 Å². The Labute approximate surface area is 68.1 Å². The molecule has 2 rings (SSSR count). The molecule has 0 spiro atoms. The molecule has 0 aromatic rings. The van der Waals surface area contributed by atoms with Crippen LogP contribution in [0.25, 0.3) is 0 Å². The molecule has 0 aromatic carbocycles. The standard InChI is InChI=1S/C10H16O/c1-6(11)7-4-5-8-9(7)10(8,2)3/h4,6,8-9,11H,5H2,1-3H3/t6-,8-,9+/m1/s1. The summed E-state index contributed by atoms with van der Waals surface area (Å²) in [6.07, 6.45) is 3.20. The molecule has 2 aliphatic carbocycles. The van der Waals surface area contributed by atoms with Gasteiger partial charge in [0.05, 0.1) is 6.10 Å². The van der Waals surface area contributed by atoms with Crippen LogP contribution >= 0.6 is 0 Å². The molecule has 1 heteroatoms. The number of aliphatic hydroxyl groups excluding tert-OH is 1. The number of hydrogen-bond donors (Lipinski definition) is 1. The first kappa shape index (κ1) is 7.35. The molecule has 0 amide bonds. The van der Waals surface area contributed by atoms with E-state index in [9.17, 15) is 5.11 Å². The van der Waals surface area contributed by atoms with E-state index in [-0.39, 0.29) is 6.10 Å². The van der Waals surface area contributed by atoms with Crippen molar-refractivity contribution in [3.8, 4) is 0 Å². The Hall–Kier alpha value is -0.300. The normalized spacial score (nSPS) is 41.3. The summed E-state index contributed by atoms with van der Waals surface area (Å²) in [6.45, 7) is 6.48. The molecule has 0 heterocycles. The van der Waals surface area contributed by atoms with Gasteiger partial charge in [-0.05, 0) is 36.2 Å². The fraction of sp³-hybridized carbons (Fsp3) is 0.800. The zero-order chi connectivity index (χ0) is 8.22. The van der Waals surface area contributed by atoms with Gasteiger partial charge in [-0.25, -0.2) is 0 Å². The highest BCUT2D eigenvalue weighted by Gasteiger charge is 2.61. The molecule has 3 atom stereocenters. The number of rotatable bonds is 1. The van der Waals surface area contributed by atoms with Crippen molar-refractivity contribution < 1.29 is 5.11 Å². The summed E-state index contributed by atoms with van der Waals surface area (Å²) >= 11 is 0. The van der Waals surface area contributed by atoms with Gasteiger partial charge in [0.1, 0.15) is 0 Å². The fourth-order valence-corrected chi connectivity index (χ4v) is 2.67. The van der Waals surface area contributed by atoms with Gasteiger partial charge in [-0.15, -0.1) is 0 Å². The van der Waals surface area contributed by atoms with Crippen LogP contribution in [0.2, 0.25) is 0 Å². The van der Waals surface area contributed by atoms with Crippen LogP contribution in [-0.2, 0) is 0 Å². The van der Waals surface area contributed by atoms with E-state index in [1.165, 1.54) is 12.0 Å². The topological polar surface area (TPSA) is 20.2 Å². The number of allylic oxidation sites excluding steroid dienone is 1. The Morgan fingerprint density at radius 3 is 2.55 bits per heavy atom. The number of aliphatic hydroxyl groups is 1. The quantitative estimate of drug-likeness (QED) is 0.569. The third-order valence-corrected chi connectivity index (χ3v) is 3.50. The molecule has 2 aliphatic rings. The minimum atomic E-state index is -0.216. The molecule has 0 bridgehead atoms. The lowest BCUT2D eigenvalue weighted by molar-refractivity contribution is 0.222. The zero-order valence-corrected chi connectivity index (χ0v) is 7.46. The first-order chi connectivity index (χ1) is 5.05. The van der Waals surface area contributed by atoms with Crippen LogP contribution in [0.1, 0.15) is 27.2 Å². The molecule has 1 N–H and O–H groups in total. The number of fused-ring (bicyclic) bond motifs is 1. The van der Waals surface area contributed by atoms with Crippen LogP contribution in [0.3, 0.4) is 0 Å².